The van der Waals surface area contributed by atoms with Crippen LogP contribution in [0.2, 0.25) is 5.02 Å². The average Bonchev–Trinajstić information content (AvgIpc) is 2.99. The molecule has 0 unspecified atom stereocenters. The minimum absolute atomic E-state index is 0.163. The van der Waals surface area contributed by atoms with Crippen LogP contribution in [-0.4, -0.2) is 16.1 Å². The van der Waals surface area contributed by atoms with E-state index in [0.29, 0.717) is 10.2 Å². The molecule has 110 valence electrons. The van der Waals surface area contributed by atoms with Crippen LogP contribution in [-0.2, 0) is 11.2 Å². The van der Waals surface area contributed by atoms with Crippen LogP contribution in [0.3, 0.4) is 0 Å². The SMILES string of the molecule is O=C(Cc1ccccc1Cl)Nc1nnc(-c2ccccc2)s1. The molecule has 0 aliphatic carbocycles. The van der Waals surface area contributed by atoms with Gasteiger partial charge in [-0.2, -0.15) is 0 Å². The summed E-state index contributed by atoms with van der Waals surface area (Å²) >= 11 is 7.39. The first-order valence-corrected chi connectivity index (χ1v) is 7.84. The molecule has 4 nitrogen and oxygen atoms in total. The van der Waals surface area contributed by atoms with Crippen molar-refractivity contribution in [2.75, 3.05) is 5.32 Å². The fourth-order valence-corrected chi connectivity index (χ4v) is 2.92. The number of aromatic nitrogens is 2. The van der Waals surface area contributed by atoms with Crippen LogP contribution < -0.4 is 5.32 Å². The van der Waals surface area contributed by atoms with Crippen LogP contribution in [0.4, 0.5) is 5.13 Å². The minimum Gasteiger partial charge on any atom is -0.300 e. The van der Waals surface area contributed by atoms with Crippen molar-refractivity contribution in [3.63, 3.8) is 0 Å². The highest BCUT2D eigenvalue weighted by Gasteiger charge is 2.11. The van der Waals surface area contributed by atoms with E-state index in [9.17, 15) is 4.79 Å². The number of hydrogen-bond acceptors (Lipinski definition) is 4. The number of carbonyl (C=O) groups is 1. The second-order valence-electron chi connectivity index (χ2n) is 4.59. The number of carbonyl (C=O) groups excluding carboxylic acids is 1. The molecule has 2 aromatic carbocycles. The van der Waals surface area contributed by atoms with Crippen molar-refractivity contribution >= 4 is 34.0 Å². The Balaban J connectivity index is 1.68. The number of halogens is 1. The van der Waals surface area contributed by atoms with E-state index in [1.165, 1.54) is 11.3 Å². The van der Waals surface area contributed by atoms with E-state index in [4.69, 9.17) is 11.6 Å². The number of benzene rings is 2. The summed E-state index contributed by atoms with van der Waals surface area (Å²) < 4.78 is 0. The molecule has 1 amide bonds. The lowest BCUT2D eigenvalue weighted by molar-refractivity contribution is -0.115. The Labute approximate surface area is 136 Å². The lowest BCUT2D eigenvalue weighted by Gasteiger charge is -2.03. The third kappa shape index (κ3) is 3.50. The number of rotatable bonds is 4. The predicted octanol–water partition coefficient (Wildman–Crippen LogP) is 4.04. The summed E-state index contributed by atoms with van der Waals surface area (Å²) in [7, 11) is 0. The van der Waals surface area contributed by atoms with E-state index < -0.39 is 0 Å². The highest BCUT2D eigenvalue weighted by Crippen LogP contribution is 2.26. The maximum atomic E-state index is 12.0. The van der Waals surface area contributed by atoms with Gasteiger partial charge in [-0.15, -0.1) is 10.2 Å². The van der Waals surface area contributed by atoms with Gasteiger partial charge in [-0.05, 0) is 11.6 Å². The molecule has 1 N–H and O–H groups in total. The summed E-state index contributed by atoms with van der Waals surface area (Å²) in [6.45, 7) is 0. The number of amides is 1. The molecular weight excluding hydrogens is 318 g/mol. The first-order chi connectivity index (χ1) is 10.7. The van der Waals surface area contributed by atoms with Crippen LogP contribution in [0.5, 0.6) is 0 Å². The summed E-state index contributed by atoms with van der Waals surface area (Å²) in [5.74, 6) is -0.163. The molecule has 3 rings (SSSR count). The molecule has 0 fully saturated rings. The van der Waals surface area contributed by atoms with E-state index in [2.05, 4.69) is 15.5 Å². The number of anilines is 1. The van der Waals surface area contributed by atoms with E-state index in [-0.39, 0.29) is 12.3 Å². The second kappa shape index (κ2) is 6.68. The topological polar surface area (TPSA) is 54.9 Å². The predicted molar refractivity (Wildman–Crippen MR) is 89.1 cm³/mol. The summed E-state index contributed by atoms with van der Waals surface area (Å²) in [4.78, 5) is 12.0. The van der Waals surface area contributed by atoms with Gasteiger partial charge in [0, 0.05) is 10.6 Å². The first-order valence-electron chi connectivity index (χ1n) is 6.64. The molecule has 0 bridgehead atoms. The van der Waals surface area contributed by atoms with Crippen molar-refractivity contribution in [3.8, 4) is 10.6 Å². The number of hydrogen-bond donors (Lipinski definition) is 1. The number of nitrogens with one attached hydrogen (secondary N) is 1. The zero-order valence-corrected chi connectivity index (χ0v) is 13.1. The van der Waals surface area contributed by atoms with Gasteiger partial charge in [0.2, 0.25) is 11.0 Å². The Bertz CT molecular complexity index is 789. The van der Waals surface area contributed by atoms with E-state index in [0.717, 1.165) is 16.1 Å². The van der Waals surface area contributed by atoms with Crippen molar-refractivity contribution in [2.45, 2.75) is 6.42 Å². The molecule has 0 aliphatic rings. The third-order valence-electron chi connectivity index (χ3n) is 3.00. The lowest BCUT2D eigenvalue weighted by Crippen LogP contribution is -2.14. The van der Waals surface area contributed by atoms with Crippen molar-refractivity contribution < 1.29 is 4.79 Å². The van der Waals surface area contributed by atoms with Crippen molar-refractivity contribution in [1.29, 1.82) is 0 Å². The maximum absolute atomic E-state index is 12.0. The van der Waals surface area contributed by atoms with Crippen LogP contribution in [0.1, 0.15) is 5.56 Å². The molecule has 0 atom stereocenters. The van der Waals surface area contributed by atoms with E-state index in [1.54, 1.807) is 6.07 Å². The monoisotopic (exact) mass is 329 g/mol. The van der Waals surface area contributed by atoms with Gasteiger partial charge in [0.15, 0.2) is 0 Å². The molecule has 0 aliphatic heterocycles. The van der Waals surface area contributed by atoms with Crippen molar-refractivity contribution in [2.24, 2.45) is 0 Å². The molecular formula is C16H12ClN3OS. The van der Waals surface area contributed by atoms with Gasteiger partial charge in [0.05, 0.1) is 6.42 Å². The standard InChI is InChI=1S/C16H12ClN3OS/c17-13-9-5-4-8-12(13)10-14(21)18-16-20-19-15(22-16)11-6-2-1-3-7-11/h1-9H,10H2,(H,18,20,21). The van der Waals surface area contributed by atoms with E-state index >= 15 is 0 Å². The molecule has 3 aromatic rings. The molecule has 1 aromatic heterocycles. The molecule has 0 radical (unpaired) electrons. The summed E-state index contributed by atoms with van der Waals surface area (Å²) in [5.41, 5.74) is 1.76. The Morgan fingerprint density at radius 1 is 1.05 bits per heavy atom. The molecule has 0 spiro atoms. The fourth-order valence-electron chi connectivity index (χ4n) is 1.95. The fraction of sp³-hybridized carbons (Fsp3) is 0.0625. The largest absolute Gasteiger partial charge is 0.300 e. The molecule has 0 saturated carbocycles. The zero-order valence-electron chi connectivity index (χ0n) is 11.5. The van der Waals surface area contributed by atoms with E-state index in [1.807, 2.05) is 48.5 Å². The zero-order chi connectivity index (χ0) is 15.4. The molecule has 6 heteroatoms. The average molecular weight is 330 g/mol. The maximum Gasteiger partial charge on any atom is 0.230 e. The number of nitrogens with zero attached hydrogens (tertiary/aromatic N) is 2. The van der Waals surface area contributed by atoms with Gasteiger partial charge >= 0.3 is 0 Å². The van der Waals surface area contributed by atoms with Gasteiger partial charge in [-0.25, -0.2) is 0 Å². The Morgan fingerprint density at radius 2 is 1.77 bits per heavy atom. The normalized spacial score (nSPS) is 10.4. The third-order valence-corrected chi connectivity index (χ3v) is 4.26. The molecule has 1 heterocycles. The lowest BCUT2D eigenvalue weighted by atomic mass is 10.1. The minimum atomic E-state index is -0.163. The Kier molecular flexibility index (Phi) is 4.46. The Hall–Kier alpha value is -2.24. The highest BCUT2D eigenvalue weighted by molar-refractivity contribution is 7.18. The molecule has 0 saturated heterocycles. The van der Waals surface area contributed by atoms with Gasteiger partial charge in [0.25, 0.3) is 0 Å². The summed E-state index contributed by atoms with van der Waals surface area (Å²) in [6.07, 6.45) is 0.208. The van der Waals surface area contributed by atoms with Crippen LogP contribution in [0.15, 0.2) is 54.6 Å². The van der Waals surface area contributed by atoms with Crippen molar-refractivity contribution in [3.05, 3.63) is 65.2 Å². The quantitative estimate of drug-likeness (QED) is 0.786. The van der Waals surface area contributed by atoms with Gasteiger partial charge in [0.1, 0.15) is 5.01 Å². The van der Waals surface area contributed by atoms with Crippen LogP contribution >= 0.6 is 22.9 Å². The van der Waals surface area contributed by atoms with Crippen LogP contribution in [0, 0.1) is 0 Å². The molecule has 22 heavy (non-hydrogen) atoms. The first kappa shape index (κ1) is 14.7. The Morgan fingerprint density at radius 3 is 2.55 bits per heavy atom. The smallest absolute Gasteiger partial charge is 0.230 e. The van der Waals surface area contributed by atoms with Gasteiger partial charge in [-0.1, -0.05) is 71.5 Å². The summed E-state index contributed by atoms with van der Waals surface area (Å²) in [5, 5.41) is 12.7. The van der Waals surface area contributed by atoms with Crippen molar-refractivity contribution in [1.82, 2.24) is 10.2 Å². The van der Waals surface area contributed by atoms with Gasteiger partial charge in [-0.3, -0.25) is 4.79 Å². The summed E-state index contributed by atoms with van der Waals surface area (Å²) in [6, 6.07) is 17.0. The second-order valence-corrected chi connectivity index (χ2v) is 5.98. The van der Waals surface area contributed by atoms with Gasteiger partial charge < -0.3 is 5.32 Å². The van der Waals surface area contributed by atoms with Crippen LogP contribution in [0.25, 0.3) is 10.6 Å². The highest BCUT2D eigenvalue weighted by atomic mass is 35.5.